The molecule has 1 saturated carbocycles. The summed E-state index contributed by atoms with van der Waals surface area (Å²) in [4.78, 5) is 25.8. The lowest BCUT2D eigenvalue weighted by Crippen LogP contribution is -2.34. The van der Waals surface area contributed by atoms with Crippen LogP contribution in [0, 0.1) is 5.41 Å². The van der Waals surface area contributed by atoms with Crippen molar-refractivity contribution in [3.8, 4) is 0 Å². The number of carbonyl (C=O) groups is 2. The summed E-state index contributed by atoms with van der Waals surface area (Å²) in [6.07, 6.45) is 0.873. The molecule has 1 aromatic carbocycles. The number of hydrogen-bond acceptors (Lipinski definition) is 3. The largest absolute Gasteiger partial charge is 0.398 e. The highest BCUT2D eigenvalue weighted by Gasteiger charge is 2.56. The number of benzene rings is 1. The van der Waals surface area contributed by atoms with Crippen molar-refractivity contribution in [3.05, 3.63) is 29.3 Å². The zero-order valence-electron chi connectivity index (χ0n) is 9.86. The molecule has 1 aromatic rings. The average molecular weight is 230 g/mol. The zero-order chi connectivity index (χ0) is 12.4. The molecule has 17 heavy (non-hydrogen) atoms. The maximum atomic E-state index is 12.2. The first-order valence-corrected chi connectivity index (χ1v) is 5.70. The molecule has 1 atom stereocenters. The van der Waals surface area contributed by atoms with Crippen molar-refractivity contribution in [1.82, 2.24) is 4.90 Å². The number of rotatable bonds is 1. The summed E-state index contributed by atoms with van der Waals surface area (Å²) >= 11 is 0. The van der Waals surface area contributed by atoms with E-state index in [1.165, 1.54) is 4.90 Å². The Bertz CT molecular complexity index is 548. The molecule has 0 aromatic heterocycles. The summed E-state index contributed by atoms with van der Waals surface area (Å²) in [5.74, 6) is -0.438. The first-order chi connectivity index (χ1) is 7.93. The molecule has 4 nitrogen and oxygen atoms in total. The highest BCUT2D eigenvalue weighted by molar-refractivity contribution is 6.24. The molecule has 2 N–H and O–H groups in total. The molecule has 2 aliphatic rings. The Kier molecular flexibility index (Phi) is 1.75. The van der Waals surface area contributed by atoms with E-state index in [-0.39, 0.29) is 23.3 Å². The quantitative estimate of drug-likeness (QED) is 0.589. The Hall–Kier alpha value is -1.84. The molecule has 88 valence electrons. The molecule has 1 aliphatic heterocycles. The van der Waals surface area contributed by atoms with Gasteiger partial charge >= 0.3 is 0 Å². The minimum Gasteiger partial charge on any atom is -0.398 e. The normalized spacial score (nSPS) is 25.1. The fourth-order valence-corrected chi connectivity index (χ4v) is 2.49. The molecule has 1 heterocycles. The maximum Gasteiger partial charge on any atom is 0.263 e. The van der Waals surface area contributed by atoms with Crippen LogP contribution < -0.4 is 5.73 Å². The Labute approximate surface area is 99.4 Å². The lowest BCUT2D eigenvalue weighted by atomic mass is 10.1. The van der Waals surface area contributed by atoms with Crippen molar-refractivity contribution >= 4 is 17.5 Å². The van der Waals surface area contributed by atoms with E-state index >= 15 is 0 Å². The van der Waals surface area contributed by atoms with Gasteiger partial charge in [0, 0.05) is 11.7 Å². The summed E-state index contributed by atoms with van der Waals surface area (Å²) in [6, 6.07) is 5.06. The van der Waals surface area contributed by atoms with Gasteiger partial charge in [-0.05, 0) is 24.0 Å². The molecular formula is C13H14N2O2. The van der Waals surface area contributed by atoms with E-state index in [9.17, 15) is 9.59 Å². The lowest BCUT2D eigenvalue weighted by molar-refractivity contribution is 0.0624. The number of amides is 2. The minimum atomic E-state index is -0.237. The number of carbonyl (C=O) groups excluding carboxylic acids is 2. The van der Waals surface area contributed by atoms with Crippen LogP contribution in [0.3, 0.4) is 0 Å². The second-order valence-corrected chi connectivity index (χ2v) is 5.46. The lowest BCUT2D eigenvalue weighted by Gasteiger charge is -2.15. The van der Waals surface area contributed by atoms with E-state index in [4.69, 9.17) is 5.73 Å². The SMILES string of the molecule is CC1(C)CC1N1C(=O)c2cccc(N)c2C1=O. The Balaban J connectivity index is 2.07. The van der Waals surface area contributed by atoms with Crippen LogP contribution in [0.1, 0.15) is 41.0 Å². The number of nitrogen functional groups attached to an aromatic ring is 1. The standard InChI is InChI=1S/C13H14N2O2/c1-13(2)6-9(13)15-11(16)7-4-3-5-8(14)10(7)12(15)17/h3-5,9H,6,14H2,1-2H3. The van der Waals surface area contributed by atoms with E-state index in [0.29, 0.717) is 16.8 Å². The first-order valence-electron chi connectivity index (χ1n) is 5.70. The van der Waals surface area contributed by atoms with Crippen LogP contribution >= 0.6 is 0 Å². The van der Waals surface area contributed by atoms with Gasteiger partial charge in [-0.25, -0.2) is 0 Å². The first kappa shape index (κ1) is 10.3. The number of nitrogens with two attached hydrogens (primary N) is 1. The fraction of sp³-hybridized carbons (Fsp3) is 0.385. The Morgan fingerprint density at radius 3 is 2.47 bits per heavy atom. The van der Waals surface area contributed by atoms with Crippen LogP contribution in [0.2, 0.25) is 0 Å². The third-order valence-electron chi connectivity index (χ3n) is 3.75. The topological polar surface area (TPSA) is 63.4 Å². The van der Waals surface area contributed by atoms with E-state index in [2.05, 4.69) is 13.8 Å². The van der Waals surface area contributed by atoms with Gasteiger partial charge in [-0.3, -0.25) is 14.5 Å². The summed E-state index contributed by atoms with van der Waals surface area (Å²) in [7, 11) is 0. The molecule has 1 unspecified atom stereocenters. The number of anilines is 1. The molecule has 1 aliphatic carbocycles. The smallest absolute Gasteiger partial charge is 0.263 e. The van der Waals surface area contributed by atoms with E-state index in [1.807, 2.05) is 0 Å². The summed E-state index contributed by atoms with van der Waals surface area (Å²) < 4.78 is 0. The molecular weight excluding hydrogens is 216 g/mol. The van der Waals surface area contributed by atoms with E-state index in [1.54, 1.807) is 18.2 Å². The Morgan fingerprint density at radius 2 is 1.94 bits per heavy atom. The maximum absolute atomic E-state index is 12.2. The number of imide groups is 1. The van der Waals surface area contributed by atoms with Crippen molar-refractivity contribution < 1.29 is 9.59 Å². The predicted molar refractivity (Wildman–Crippen MR) is 63.5 cm³/mol. The molecule has 0 spiro atoms. The minimum absolute atomic E-state index is 0.0225. The average Bonchev–Trinajstić information content (AvgIpc) is 2.77. The predicted octanol–water partition coefficient (Wildman–Crippen LogP) is 1.66. The van der Waals surface area contributed by atoms with Crippen molar-refractivity contribution in [2.45, 2.75) is 26.3 Å². The van der Waals surface area contributed by atoms with Crippen molar-refractivity contribution in [2.75, 3.05) is 5.73 Å². The van der Waals surface area contributed by atoms with Crippen LogP contribution in [0.25, 0.3) is 0 Å². The highest BCUT2D eigenvalue weighted by Crippen LogP contribution is 2.50. The van der Waals surface area contributed by atoms with Crippen LogP contribution in [0.4, 0.5) is 5.69 Å². The molecule has 0 saturated heterocycles. The molecule has 0 bridgehead atoms. The molecule has 3 rings (SSSR count). The number of fused-ring (bicyclic) bond motifs is 1. The highest BCUT2D eigenvalue weighted by atomic mass is 16.2. The van der Waals surface area contributed by atoms with Crippen LogP contribution in [0.5, 0.6) is 0 Å². The monoisotopic (exact) mass is 230 g/mol. The summed E-state index contributed by atoms with van der Waals surface area (Å²) in [5, 5.41) is 0. The third-order valence-corrected chi connectivity index (χ3v) is 3.75. The molecule has 0 radical (unpaired) electrons. The van der Waals surface area contributed by atoms with Crippen molar-refractivity contribution in [3.63, 3.8) is 0 Å². The van der Waals surface area contributed by atoms with Gasteiger partial charge in [-0.15, -0.1) is 0 Å². The van der Waals surface area contributed by atoms with Gasteiger partial charge < -0.3 is 5.73 Å². The van der Waals surface area contributed by atoms with Crippen molar-refractivity contribution in [2.24, 2.45) is 5.41 Å². The summed E-state index contributed by atoms with van der Waals surface area (Å²) in [5.41, 5.74) is 7.03. The van der Waals surface area contributed by atoms with Gasteiger partial charge in [0.2, 0.25) is 0 Å². The van der Waals surface area contributed by atoms with Gasteiger partial charge in [0.25, 0.3) is 11.8 Å². The molecule has 1 fully saturated rings. The number of hydrogen-bond donors (Lipinski definition) is 1. The van der Waals surface area contributed by atoms with Gasteiger partial charge in [-0.2, -0.15) is 0 Å². The van der Waals surface area contributed by atoms with Gasteiger partial charge in [0.15, 0.2) is 0 Å². The Morgan fingerprint density at radius 1 is 1.29 bits per heavy atom. The van der Waals surface area contributed by atoms with Crippen LogP contribution in [0.15, 0.2) is 18.2 Å². The third kappa shape index (κ3) is 1.24. The molecule has 4 heteroatoms. The molecule has 2 amide bonds. The van der Waals surface area contributed by atoms with Gasteiger partial charge in [0.1, 0.15) is 0 Å². The zero-order valence-corrected chi connectivity index (χ0v) is 9.86. The van der Waals surface area contributed by atoms with Gasteiger partial charge in [0.05, 0.1) is 11.1 Å². The second kappa shape index (κ2) is 2.88. The fourth-order valence-electron chi connectivity index (χ4n) is 2.49. The van der Waals surface area contributed by atoms with Crippen LogP contribution in [-0.4, -0.2) is 22.8 Å². The van der Waals surface area contributed by atoms with Gasteiger partial charge in [-0.1, -0.05) is 19.9 Å². The van der Waals surface area contributed by atoms with Crippen LogP contribution in [-0.2, 0) is 0 Å². The van der Waals surface area contributed by atoms with E-state index < -0.39 is 0 Å². The second-order valence-electron chi connectivity index (χ2n) is 5.46. The number of nitrogens with zero attached hydrogens (tertiary/aromatic N) is 1. The van der Waals surface area contributed by atoms with Crippen molar-refractivity contribution in [1.29, 1.82) is 0 Å². The van der Waals surface area contributed by atoms with E-state index in [0.717, 1.165) is 6.42 Å². The summed E-state index contributed by atoms with van der Waals surface area (Å²) in [6.45, 7) is 4.12.